The summed E-state index contributed by atoms with van der Waals surface area (Å²) in [5, 5.41) is 2.12. The molecule has 6 aromatic carbocycles. The minimum absolute atomic E-state index is 0.596. The Morgan fingerprint density at radius 1 is 0.449 bits per heavy atom. The van der Waals surface area contributed by atoms with Gasteiger partial charge in [-0.3, -0.25) is 0 Å². The summed E-state index contributed by atoms with van der Waals surface area (Å²) in [4.78, 5) is 15.5. The highest BCUT2D eigenvalue weighted by Gasteiger charge is 2.21. The molecule has 1 aliphatic carbocycles. The maximum absolute atomic E-state index is 6.44. The van der Waals surface area contributed by atoms with E-state index in [2.05, 4.69) is 127 Å². The van der Waals surface area contributed by atoms with Gasteiger partial charge in [-0.15, -0.1) is 0 Å². The van der Waals surface area contributed by atoms with Crippen molar-refractivity contribution in [2.24, 2.45) is 0 Å². The van der Waals surface area contributed by atoms with Crippen LogP contribution in [0.3, 0.4) is 0 Å². The number of aromatic nitrogens is 3. The van der Waals surface area contributed by atoms with Crippen molar-refractivity contribution in [1.29, 1.82) is 0 Å². The van der Waals surface area contributed by atoms with E-state index >= 15 is 0 Å². The van der Waals surface area contributed by atoms with Crippen LogP contribution in [0.4, 0.5) is 0 Å². The number of hydrogen-bond donors (Lipinski definition) is 0. The minimum atomic E-state index is 0.596. The zero-order chi connectivity index (χ0) is 32.6. The van der Waals surface area contributed by atoms with Gasteiger partial charge < -0.3 is 4.42 Å². The van der Waals surface area contributed by atoms with Gasteiger partial charge in [0.1, 0.15) is 11.2 Å². The van der Waals surface area contributed by atoms with Crippen LogP contribution in [0.1, 0.15) is 24.2 Å². The molecule has 0 atom stereocenters. The van der Waals surface area contributed by atoms with Gasteiger partial charge in [-0.2, -0.15) is 0 Å². The summed E-state index contributed by atoms with van der Waals surface area (Å²) < 4.78 is 6.44. The quantitative estimate of drug-likeness (QED) is 0.184. The fraction of sp³-hybridized carbons (Fsp3) is 0.0444. The second-order valence-corrected chi connectivity index (χ2v) is 12.3. The molecule has 8 aromatic rings. The van der Waals surface area contributed by atoms with Crippen molar-refractivity contribution in [2.75, 3.05) is 0 Å². The first-order chi connectivity index (χ1) is 24.3. The zero-order valence-electron chi connectivity index (χ0n) is 26.8. The Balaban J connectivity index is 1.19. The van der Waals surface area contributed by atoms with Gasteiger partial charge in [0, 0.05) is 21.9 Å². The van der Waals surface area contributed by atoms with Crippen LogP contribution in [0.15, 0.2) is 168 Å². The largest absolute Gasteiger partial charge is 0.455 e. The van der Waals surface area contributed by atoms with Crippen molar-refractivity contribution in [3.63, 3.8) is 0 Å². The average Bonchev–Trinajstić information content (AvgIpc) is 3.58. The molecule has 0 bridgehead atoms. The molecule has 0 aliphatic heterocycles. The lowest BCUT2D eigenvalue weighted by atomic mass is 9.91. The molecule has 0 radical (unpaired) electrons. The second kappa shape index (κ2) is 12.3. The van der Waals surface area contributed by atoms with Gasteiger partial charge in [0.05, 0.1) is 5.56 Å². The third kappa shape index (κ3) is 5.43. The minimum Gasteiger partial charge on any atom is -0.455 e. The van der Waals surface area contributed by atoms with Gasteiger partial charge >= 0.3 is 0 Å². The summed E-state index contributed by atoms with van der Waals surface area (Å²) in [6.07, 6.45) is 6.21. The van der Waals surface area contributed by atoms with Gasteiger partial charge in [-0.25, -0.2) is 15.0 Å². The topological polar surface area (TPSA) is 51.8 Å². The van der Waals surface area contributed by atoms with Crippen molar-refractivity contribution >= 4 is 33.1 Å². The predicted octanol–water partition coefficient (Wildman–Crippen LogP) is 11.7. The van der Waals surface area contributed by atoms with Gasteiger partial charge in [-0.1, -0.05) is 146 Å². The van der Waals surface area contributed by atoms with Gasteiger partial charge in [0.15, 0.2) is 17.5 Å². The molecule has 0 saturated carbocycles. The van der Waals surface area contributed by atoms with Crippen LogP contribution in [0, 0.1) is 0 Å². The Kier molecular flexibility index (Phi) is 7.25. The van der Waals surface area contributed by atoms with Crippen LogP contribution in [-0.2, 0) is 0 Å². The molecule has 4 heteroatoms. The molecule has 9 rings (SSSR count). The van der Waals surface area contributed by atoms with Crippen molar-refractivity contribution in [3.8, 4) is 45.0 Å². The van der Waals surface area contributed by atoms with Crippen LogP contribution in [0.2, 0.25) is 0 Å². The first kappa shape index (κ1) is 28.8. The van der Waals surface area contributed by atoms with Crippen LogP contribution in [0.5, 0.6) is 0 Å². The average molecular weight is 630 g/mol. The third-order valence-electron chi connectivity index (χ3n) is 9.25. The molecule has 0 amide bonds. The Bertz CT molecular complexity index is 2530. The molecule has 4 nitrogen and oxygen atoms in total. The number of benzene rings is 6. The maximum atomic E-state index is 6.44. The van der Waals surface area contributed by atoms with Crippen molar-refractivity contribution in [3.05, 3.63) is 175 Å². The van der Waals surface area contributed by atoms with Crippen molar-refractivity contribution in [2.45, 2.75) is 12.8 Å². The summed E-state index contributed by atoms with van der Waals surface area (Å²) in [5.41, 5.74) is 11.5. The lowest BCUT2D eigenvalue weighted by Gasteiger charge is -2.17. The Hall–Kier alpha value is -6.39. The summed E-state index contributed by atoms with van der Waals surface area (Å²) in [6, 6.07) is 52.5. The molecule has 1 aliphatic rings. The predicted molar refractivity (Wildman–Crippen MR) is 200 cm³/mol. The smallest absolute Gasteiger partial charge is 0.167 e. The van der Waals surface area contributed by atoms with Gasteiger partial charge in [0.25, 0.3) is 0 Å². The molecular formula is C45H31N3O. The normalized spacial score (nSPS) is 13.0. The number of fused-ring (bicyclic) bond motifs is 3. The fourth-order valence-corrected chi connectivity index (χ4v) is 6.79. The van der Waals surface area contributed by atoms with E-state index in [0.29, 0.717) is 17.5 Å². The van der Waals surface area contributed by atoms with E-state index in [1.807, 2.05) is 36.4 Å². The highest BCUT2D eigenvalue weighted by molar-refractivity contribution is 6.09. The molecular weight excluding hydrogens is 599 g/mol. The summed E-state index contributed by atoms with van der Waals surface area (Å²) in [5.74, 6) is 1.92. The lowest BCUT2D eigenvalue weighted by Crippen LogP contribution is -2.05. The monoisotopic (exact) mass is 629 g/mol. The highest BCUT2D eigenvalue weighted by atomic mass is 16.3. The Morgan fingerprint density at radius 2 is 1.04 bits per heavy atom. The molecule has 2 heterocycles. The van der Waals surface area contributed by atoms with E-state index < -0.39 is 0 Å². The van der Waals surface area contributed by atoms with E-state index in [1.54, 1.807) is 0 Å². The lowest BCUT2D eigenvalue weighted by molar-refractivity contribution is 0.669. The molecule has 0 saturated heterocycles. The number of allylic oxidation sites excluding steroid dienone is 4. The van der Waals surface area contributed by atoms with E-state index in [-0.39, 0.29) is 0 Å². The molecule has 2 aromatic heterocycles. The molecule has 49 heavy (non-hydrogen) atoms. The standard InChI is InChI=1S/C45H31N3O/c1-3-13-30(14-4-1)34-17-11-18-35(29-34)31-25-27-33(28-26-31)43-46-44(39-21-8-7-19-36(39)32-15-5-2-6-16-32)48-45(47-43)40-23-12-22-38-37-20-9-10-24-41(37)49-42(38)40/h1-7,9-20,22-29H,8,21H2. The fourth-order valence-electron chi connectivity index (χ4n) is 6.79. The number of nitrogens with zero attached hydrogens (tertiary/aromatic N) is 3. The maximum Gasteiger partial charge on any atom is 0.167 e. The van der Waals surface area contributed by atoms with Gasteiger partial charge in [-0.05, 0) is 64.4 Å². The van der Waals surface area contributed by atoms with Crippen molar-refractivity contribution < 1.29 is 4.42 Å². The number of hydrogen-bond acceptors (Lipinski definition) is 4. The molecule has 0 spiro atoms. The Labute approximate surface area is 284 Å². The molecule has 0 N–H and O–H groups in total. The molecule has 0 fully saturated rings. The van der Waals surface area contributed by atoms with Gasteiger partial charge in [0.2, 0.25) is 0 Å². The first-order valence-electron chi connectivity index (χ1n) is 16.7. The van der Waals surface area contributed by atoms with E-state index in [4.69, 9.17) is 19.4 Å². The van der Waals surface area contributed by atoms with E-state index in [0.717, 1.165) is 73.7 Å². The number of rotatable bonds is 6. The number of para-hydroxylation sites is 2. The third-order valence-corrected chi connectivity index (χ3v) is 9.25. The van der Waals surface area contributed by atoms with Crippen molar-refractivity contribution in [1.82, 2.24) is 15.0 Å². The number of furan rings is 1. The zero-order valence-corrected chi connectivity index (χ0v) is 26.8. The molecule has 0 unspecified atom stereocenters. The first-order valence-corrected chi connectivity index (χ1v) is 16.7. The molecule has 232 valence electrons. The Morgan fingerprint density at radius 3 is 1.84 bits per heavy atom. The van der Waals surface area contributed by atoms with Crippen LogP contribution in [0.25, 0.3) is 78.1 Å². The summed E-state index contributed by atoms with van der Waals surface area (Å²) >= 11 is 0. The highest BCUT2D eigenvalue weighted by Crippen LogP contribution is 2.38. The van der Waals surface area contributed by atoms with E-state index in [9.17, 15) is 0 Å². The van der Waals surface area contributed by atoms with Crippen LogP contribution in [-0.4, -0.2) is 15.0 Å². The van der Waals surface area contributed by atoms with Crippen LogP contribution >= 0.6 is 0 Å². The van der Waals surface area contributed by atoms with Crippen LogP contribution < -0.4 is 0 Å². The summed E-state index contributed by atoms with van der Waals surface area (Å²) in [6.45, 7) is 0. The summed E-state index contributed by atoms with van der Waals surface area (Å²) in [7, 11) is 0. The second-order valence-electron chi connectivity index (χ2n) is 12.3. The SMILES string of the molecule is C1=CC(c2ccccc2)=C(c2nc(-c3ccc(-c4cccc(-c5ccccc5)c4)cc3)nc(-c3cccc4c3oc3ccccc34)n2)CC1. The van der Waals surface area contributed by atoms with E-state index in [1.165, 1.54) is 11.1 Å².